The molecule has 0 saturated carbocycles. The summed E-state index contributed by atoms with van der Waals surface area (Å²) in [6.07, 6.45) is 5.38. The smallest absolute Gasteiger partial charge is 0.121 e. The number of hydrogen-bond acceptors (Lipinski definition) is 2. The Labute approximate surface area is 96.3 Å². The van der Waals surface area contributed by atoms with E-state index in [0.29, 0.717) is 0 Å². The number of unbranched alkanes of at least 4 members (excludes halogenated alkanes) is 2. The Kier molecular flexibility index (Phi) is 3.76. The normalized spacial score (nSPS) is 10.6. The predicted octanol–water partition coefficient (Wildman–Crippen LogP) is 3.80. The zero-order chi connectivity index (χ0) is 11.2. The van der Waals surface area contributed by atoms with Crippen LogP contribution in [0.3, 0.4) is 0 Å². The van der Waals surface area contributed by atoms with Gasteiger partial charge in [0.25, 0.3) is 0 Å². The number of hydrogen-bond donors (Lipinski definition) is 0. The Morgan fingerprint density at radius 1 is 1.19 bits per heavy atom. The standard InChI is InChI=1S/C14H17NO/c1-2-3-4-10-16-13-8-7-12-6-5-9-15-14(12)11-13/h5-9,11H,2-4,10H2,1H3. The fraction of sp³-hybridized carbons (Fsp3) is 0.357. The monoisotopic (exact) mass is 215 g/mol. The molecule has 0 atom stereocenters. The molecule has 16 heavy (non-hydrogen) atoms. The second kappa shape index (κ2) is 5.50. The first-order valence-corrected chi connectivity index (χ1v) is 5.88. The first kappa shape index (κ1) is 10.9. The molecule has 2 rings (SSSR count). The minimum Gasteiger partial charge on any atom is -0.494 e. The summed E-state index contributed by atoms with van der Waals surface area (Å²) in [7, 11) is 0. The molecule has 0 radical (unpaired) electrons. The molecule has 0 aliphatic carbocycles. The van der Waals surface area contributed by atoms with Crippen molar-refractivity contribution in [2.75, 3.05) is 6.61 Å². The van der Waals surface area contributed by atoms with Gasteiger partial charge in [0, 0.05) is 17.6 Å². The SMILES string of the molecule is CCCCCOc1ccc2cccnc2c1. The van der Waals surface area contributed by atoms with Gasteiger partial charge in [-0.05, 0) is 24.6 Å². The van der Waals surface area contributed by atoms with E-state index in [1.165, 1.54) is 12.8 Å². The Balaban J connectivity index is 2.02. The molecule has 0 bridgehead atoms. The number of nitrogens with zero attached hydrogens (tertiary/aromatic N) is 1. The van der Waals surface area contributed by atoms with Crippen molar-refractivity contribution in [2.45, 2.75) is 26.2 Å². The molecule has 2 aromatic rings. The number of pyridine rings is 1. The topological polar surface area (TPSA) is 22.1 Å². The van der Waals surface area contributed by atoms with Crippen molar-refractivity contribution in [3.63, 3.8) is 0 Å². The maximum atomic E-state index is 5.68. The lowest BCUT2D eigenvalue weighted by molar-refractivity contribution is 0.306. The lowest BCUT2D eigenvalue weighted by atomic mass is 10.2. The van der Waals surface area contributed by atoms with E-state index in [4.69, 9.17) is 4.74 Å². The summed E-state index contributed by atoms with van der Waals surface area (Å²) in [5.74, 6) is 0.919. The van der Waals surface area contributed by atoms with Crippen molar-refractivity contribution in [1.82, 2.24) is 4.98 Å². The van der Waals surface area contributed by atoms with Crippen LogP contribution in [0.1, 0.15) is 26.2 Å². The second-order valence-electron chi connectivity index (χ2n) is 3.91. The number of aromatic nitrogens is 1. The van der Waals surface area contributed by atoms with Crippen LogP contribution in [0.4, 0.5) is 0 Å². The molecule has 2 nitrogen and oxygen atoms in total. The molecule has 1 heterocycles. The lowest BCUT2D eigenvalue weighted by Gasteiger charge is -2.06. The van der Waals surface area contributed by atoms with Gasteiger partial charge in [0.2, 0.25) is 0 Å². The van der Waals surface area contributed by atoms with E-state index in [0.717, 1.165) is 29.7 Å². The van der Waals surface area contributed by atoms with Crippen LogP contribution in [-0.4, -0.2) is 11.6 Å². The van der Waals surface area contributed by atoms with E-state index in [-0.39, 0.29) is 0 Å². The summed E-state index contributed by atoms with van der Waals surface area (Å²) in [6, 6.07) is 10.1. The van der Waals surface area contributed by atoms with E-state index >= 15 is 0 Å². The molecule has 1 aromatic carbocycles. The molecule has 0 amide bonds. The van der Waals surface area contributed by atoms with E-state index in [1.807, 2.05) is 24.4 Å². The molecule has 0 fully saturated rings. The van der Waals surface area contributed by atoms with E-state index in [9.17, 15) is 0 Å². The van der Waals surface area contributed by atoms with Crippen LogP contribution in [0.5, 0.6) is 5.75 Å². The fourth-order valence-electron chi connectivity index (χ4n) is 1.68. The van der Waals surface area contributed by atoms with Crippen LogP contribution in [0.2, 0.25) is 0 Å². The molecule has 1 aromatic heterocycles. The average Bonchev–Trinajstić information content (AvgIpc) is 2.34. The molecule has 0 aliphatic rings. The summed E-state index contributed by atoms with van der Waals surface area (Å²) in [5.41, 5.74) is 0.996. The van der Waals surface area contributed by atoms with Gasteiger partial charge in [-0.25, -0.2) is 0 Å². The molecule has 0 unspecified atom stereocenters. The summed E-state index contributed by atoms with van der Waals surface area (Å²) in [4.78, 5) is 4.31. The molecular weight excluding hydrogens is 198 g/mol. The first-order chi connectivity index (χ1) is 7.90. The van der Waals surface area contributed by atoms with Crippen molar-refractivity contribution in [3.05, 3.63) is 36.5 Å². The van der Waals surface area contributed by atoms with Crippen LogP contribution >= 0.6 is 0 Å². The van der Waals surface area contributed by atoms with Crippen LogP contribution in [0.25, 0.3) is 10.9 Å². The van der Waals surface area contributed by atoms with Gasteiger partial charge in [-0.15, -0.1) is 0 Å². The maximum Gasteiger partial charge on any atom is 0.121 e. The first-order valence-electron chi connectivity index (χ1n) is 5.88. The number of ether oxygens (including phenoxy) is 1. The average molecular weight is 215 g/mol. The van der Waals surface area contributed by atoms with Gasteiger partial charge in [0.15, 0.2) is 0 Å². The fourth-order valence-corrected chi connectivity index (χ4v) is 1.68. The van der Waals surface area contributed by atoms with Gasteiger partial charge in [-0.3, -0.25) is 4.98 Å². The molecule has 84 valence electrons. The zero-order valence-corrected chi connectivity index (χ0v) is 9.65. The van der Waals surface area contributed by atoms with Crippen molar-refractivity contribution < 1.29 is 4.74 Å². The maximum absolute atomic E-state index is 5.68. The lowest BCUT2D eigenvalue weighted by Crippen LogP contribution is -1.96. The molecule has 0 aliphatic heterocycles. The highest BCUT2D eigenvalue weighted by Gasteiger charge is 1.97. The van der Waals surface area contributed by atoms with Crippen molar-refractivity contribution in [3.8, 4) is 5.75 Å². The van der Waals surface area contributed by atoms with E-state index < -0.39 is 0 Å². The summed E-state index contributed by atoms with van der Waals surface area (Å²) in [5, 5.41) is 1.16. The van der Waals surface area contributed by atoms with Crippen molar-refractivity contribution in [2.24, 2.45) is 0 Å². The highest BCUT2D eigenvalue weighted by atomic mass is 16.5. The second-order valence-corrected chi connectivity index (χ2v) is 3.91. The minimum atomic E-state index is 0.798. The Hall–Kier alpha value is -1.57. The van der Waals surface area contributed by atoms with Gasteiger partial charge in [0.1, 0.15) is 5.75 Å². The van der Waals surface area contributed by atoms with Gasteiger partial charge >= 0.3 is 0 Å². The molecule has 0 saturated heterocycles. The van der Waals surface area contributed by atoms with Crippen LogP contribution < -0.4 is 4.74 Å². The van der Waals surface area contributed by atoms with Crippen LogP contribution in [-0.2, 0) is 0 Å². The van der Waals surface area contributed by atoms with E-state index in [2.05, 4.69) is 24.0 Å². The third kappa shape index (κ3) is 2.72. The number of benzene rings is 1. The summed E-state index contributed by atoms with van der Waals surface area (Å²) in [6.45, 7) is 2.99. The summed E-state index contributed by atoms with van der Waals surface area (Å²) < 4.78 is 5.68. The third-order valence-corrected chi connectivity index (χ3v) is 2.59. The highest BCUT2D eigenvalue weighted by molar-refractivity contribution is 5.79. The quantitative estimate of drug-likeness (QED) is 0.708. The van der Waals surface area contributed by atoms with E-state index in [1.54, 1.807) is 0 Å². The summed E-state index contributed by atoms with van der Waals surface area (Å²) >= 11 is 0. The van der Waals surface area contributed by atoms with Crippen molar-refractivity contribution >= 4 is 10.9 Å². The Bertz CT molecular complexity index is 453. The molecular formula is C14H17NO. The largest absolute Gasteiger partial charge is 0.494 e. The van der Waals surface area contributed by atoms with Crippen LogP contribution in [0, 0.1) is 0 Å². The number of fused-ring (bicyclic) bond motifs is 1. The third-order valence-electron chi connectivity index (χ3n) is 2.59. The highest BCUT2D eigenvalue weighted by Crippen LogP contribution is 2.18. The zero-order valence-electron chi connectivity index (χ0n) is 9.65. The number of rotatable bonds is 5. The van der Waals surface area contributed by atoms with Crippen molar-refractivity contribution in [1.29, 1.82) is 0 Å². The van der Waals surface area contributed by atoms with Gasteiger partial charge < -0.3 is 4.74 Å². The Morgan fingerprint density at radius 3 is 3.00 bits per heavy atom. The molecule has 0 spiro atoms. The minimum absolute atomic E-state index is 0.798. The van der Waals surface area contributed by atoms with Crippen LogP contribution in [0.15, 0.2) is 36.5 Å². The molecule has 0 N–H and O–H groups in total. The van der Waals surface area contributed by atoms with Gasteiger partial charge in [-0.2, -0.15) is 0 Å². The van der Waals surface area contributed by atoms with Gasteiger partial charge in [-0.1, -0.05) is 25.8 Å². The molecule has 2 heteroatoms. The van der Waals surface area contributed by atoms with Gasteiger partial charge in [0.05, 0.1) is 12.1 Å². The predicted molar refractivity (Wildman–Crippen MR) is 66.8 cm³/mol. The Morgan fingerprint density at radius 2 is 2.12 bits per heavy atom.